The van der Waals surface area contributed by atoms with Crippen LogP contribution in [-0.4, -0.2) is 11.3 Å². The molecular weight excluding hydrogens is 190 g/mol. The number of rotatable bonds is 4. The van der Waals surface area contributed by atoms with Crippen LogP contribution in [0, 0.1) is 6.92 Å². The van der Waals surface area contributed by atoms with Crippen molar-refractivity contribution in [3.05, 3.63) is 35.4 Å². The molecule has 1 rings (SSSR count). The van der Waals surface area contributed by atoms with Crippen molar-refractivity contribution in [3.8, 4) is 0 Å². The Bertz CT molecular complexity index is 289. The van der Waals surface area contributed by atoms with Crippen LogP contribution < -0.4 is 5.73 Å². The van der Waals surface area contributed by atoms with Gasteiger partial charge in [-0.2, -0.15) is 11.8 Å². The van der Waals surface area contributed by atoms with E-state index in [-0.39, 0.29) is 5.54 Å². The SMILES string of the molecule is Cc1cccc(CSCC(C)(C)N)c1. The fourth-order valence-corrected chi connectivity index (χ4v) is 2.28. The Morgan fingerprint density at radius 3 is 2.64 bits per heavy atom. The molecule has 0 aliphatic carbocycles. The standard InChI is InChI=1S/C12H19NS/c1-10-5-4-6-11(7-10)8-14-9-12(2,3)13/h4-7H,8-9,13H2,1-3H3. The van der Waals surface area contributed by atoms with Crippen LogP contribution in [0.2, 0.25) is 0 Å². The molecule has 0 fully saturated rings. The molecule has 0 saturated carbocycles. The lowest BCUT2D eigenvalue weighted by atomic mass is 10.1. The Morgan fingerprint density at radius 1 is 1.36 bits per heavy atom. The number of hydrogen-bond acceptors (Lipinski definition) is 2. The Labute approximate surface area is 91.1 Å². The number of nitrogens with two attached hydrogens (primary N) is 1. The van der Waals surface area contributed by atoms with Crippen molar-refractivity contribution >= 4 is 11.8 Å². The summed E-state index contributed by atoms with van der Waals surface area (Å²) < 4.78 is 0. The van der Waals surface area contributed by atoms with Gasteiger partial charge in [0.15, 0.2) is 0 Å². The van der Waals surface area contributed by atoms with Crippen LogP contribution in [0.1, 0.15) is 25.0 Å². The van der Waals surface area contributed by atoms with E-state index in [4.69, 9.17) is 5.73 Å². The normalized spacial score (nSPS) is 11.7. The molecule has 1 nitrogen and oxygen atoms in total. The van der Waals surface area contributed by atoms with Crippen LogP contribution in [0.5, 0.6) is 0 Å². The lowest BCUT2D eigenvalue weighted by Gasteiger charge is -2.17. The van der Waals surface area contributed by atoms with Crippen molar-refractivity contribution in [1.29, 1.82) is 0 Å². The van der Waals surface area contributed by atoms with Gasteiger partial charge < -0.3 is 5.73 Å². The highest BCUT2D eigenvalue weighted by atomic mass is 32.2. The largest absolute Gasteiger partial charge is 0.325 e. The predicted molar refractivity (Wildman–Crippen MR) is 65.6 cm³/mol. The summed E-state index contributed by atoms with van der Waals surface area (Å²) in [5, 5.41) is 0. The van der Waals surface area contributed by atoms with Crippen LogP contribution in [0.3, 0.4) is 0 Å². The Balaban J connectivity index is 2.39. The zero-order chi connectivity index (χ0) is 10.6. The highest BCUT2D eigenvalue weighted by Crippen LogP contribution is 2.16. The Hall–Kier alpha value is -0.470. The van der Waals surface area contributed by atoms with Crippen LogP contribution in [0.25, 0.3) is 0 Å². The molecule has 0 radical (unpaired) electrons. The fraction of sp³-hybridized carbons (Fsp3) is 0.500. The average Bonchev–Trinajstić information content (AvgIpc) is 2.01. The van der Waals surface area contributed by atoms with Gasteiger partial charge in [0.1, 0.15) is 0 Å². The minimum absolute atomic E-state index is 0.0610. The van der Waals surface area contributed by atoms with Gasteiger partial charge in [-0.3, -0.25) is 0 Å². The highest BCUT2D eigenvalue weighted by Gasteiger charge is 2.09. The summed E-state index contributed by atoms with van der Waals surface area (Å²) in [4.78, 5) is 0. The van der Waals surface area contributed by atoms with E-state index in [1.165, 1.54) is 11.1 Å². The lowest BCUT2D eigenvalue weighted by molar-refractivity contribution is 0.591. The van der Waals surface area contributed by atoms with Crippen LogP contribution in [-0.2, 0) is 5.75 Å². The van der Waals surface area contributed by atoms with Gasteiger partial charge in [-0.05, 0) is 26.3 Å². The van der Waals surface area contributed by atoms with Gasteiger partial charge in [-0.15, -0.1) is 0 Å². The molecule has 0 unspecified atom stereocenters. The smallest absolute Gasteiger partial charge is 0.0188 e. The summed E-state index contributed by atoms with van der Waals surface area (Å²) in [5.41, 5.74) is 8.56. The van der Waals surface area contributed by atoms with Crippen molar-refractivity contribution in [1.82, 2.24) is 0 Å². The Morgan fingerprint density at radius 2 is 2.07 bits per heavy atom. The van der Waals surface area contributed by atoms with Crippen LogP contribution in [0.15, 0.2) is 24.3 Å². The quantitative estimate of drug-likeness (QED) is 0.825. The molecule has 2 N–H and O–H groups in total. The van der Waals surface area contributed by atoms with Gasteiger partial charge in [0, 0.05) is 17.0 Å². The summed E-state index contributed by atoms with van der Waals surface area (Å²) in [6, 6.07) is 8.64. The predicted octanol–water partition coefficient (Wildman–Crippen LogP) is 2.97. The molecule has 1 aromatic carbocycles. The number of benzene rings is 1. The third-order valence-electron chi connectivity index (χ3n) is 1.83. The van der Waals surface area contributed by atoms with E-state index in [0.29, 0.717) is 0 Å². The molecular formula is C12H19NS. The van der Waals surface area contributed by atoms with Gasteiger partial charge >= 0.3 is 0 Å². The first kappa shape index (κ1) is 11.6. The average molecular weight is 209 g/mol. The highest BCUT2D eigenvalue weighted by molar-refractivity contribution is 7.98. The molecule has 0 aliphatic heterocycles. The zero-order valence-corrected chi connectivity index (χ0v) is 10.0. The molecule has 78 valence electrons. The third-order valence-corrected chi connectivity index (χ3v) is 3.31. The summed E-state index contributed by atoms with van der Waals surface area (Å²) in [5.74, 6) is 2.06. The molecule has 0 atom stereocenters. The molecule has 0 saturated heterocycles. The van der Waals surface area contributed by atoms with Gasteiger partial charge in [-0.1, -0.05) is 29.8 Å². The molecule has 14 heavy (non-hydrogen) atoms. The lowest BCUT2D eigenvalue weighted by Crippen LogP contribution is -2.34. The number of aryl methyl sites for hydroxylation is 1. The van der Waals surface area contributed by atoms with E-state index >= 15 is 0 Å². The van der Waals surface area contributed by atoms with Crippen molar-refractivity contribution < 1.29 is 0 Å². The summed E-state index contributed by atoms with van der Waals surface area (Å²) in [7, 11) is 0. The van der Waals surface area contributed by atoms with Crippen LogP contribution >= 0.6 is 11.8 Å². The van der Waals surface area contributed by atoms with Crippen LogP contribution in [0.4, 0.5) is 0 Å². The molecule has 0 aliphatic rings. The van der Waals surface area contributed by atoms with Gasteiger partial charge in [-0.25, -0.2) is 0 Å². The number of thioether (sulfide) groups is 1. The first-order valence-corrected chi connectivity index (χ1v) is 6.05. The molecule has 0 amide bonds. The molecule has 0 aromatic heterocycles. The first-order valence-electron chi connectivity index (χ1n) is 4.89. The molecule has 0 heterocycles. The minimum Gasteiger partial charge on any atom is -0.325 e. The van der Waals surface area contributed by atoms with Crippen molar-refractivity contribution in [2.75, 3.05) is 5.75 Å². The van der Waals surface area contributed by atoms with Gasteiger partial charge in [0.05, 0.1) is 0 Å². The monoisotopic (exact) mass is 209 g/mol. The van der Waals surface area contributed by atoms with E-state index in [2.05, 4.69) is 45.0 Å². The van der Waals surface area contributed by atoms with E-state index in [9.17, 15) is 0 Å². The van der Waals surface area contributed by atoms with E-state index < -0.39 is 0 Å². The second-order valence-electron chi connectivity index (χ2n) is 4.47. The summed E-state index contributed by atoms with van der Waals surface area (Å²) in [6.45, 7) is 6.26. The van der Waals surface area contributed by atoms with Crippen molar-refractivity contribution in [2.24, 2.45) is 5.73 Å². The van der Waals surface area contributed by atoms with Gasteiger partial charge in [0.25, 0.3) is 0 Å². The molecule has 1 aromatic rings. The molecule has 2 heteroatoms. The van der Waals surface area contributed by atoms with Crippen molar-refractivity contribution in [3.63, 3.8) is 0 Å². The maximum atomic E-state index is 5.91. The maximum absolute atomic E-state index is 5.91. The third kappa shape index (κ3) is 4.68. The molecule has 0 spiro atoms. The first-order chi connectivity index (χ1) is 6.47. The van der Waals surface area contributed by atoms with E-state index in [1.54, 1.807) is 0 Å². The fourth-order valence-electron chi connectivity index (χ4n) is 1.23. The van der Waals surface area contributed by atoms with Gasteiger partial charge in [0.2, 0.25) is 0 Å². The second kappa shape index (κ2) is 4.85. The maximum Gasteiger partial charge on any atom is 0.0188 e. The zero-order valence-electron chi connectivity index (χ0n) is 9.21. The van der Waals surface area contributed by atoms with E-state index in [1.807, 2.05) is 11.8 Å². The Kier molecular flexibility index (Phi) is 4.02. The summed E-state index contributed by atoms with van der Waals surface area (Å²) >= 11 is 1.90. The topological polar surface area (TPSA) is 26.0 Å². The summed E-state index contributed by atoms with van der Waals surface area (Å²) in [6.07, 6.45) is 0. The second-order valence-corrected chi connectivity index (χ2v) is 5.46. The van der Waals surface area contributed by atoms with Crippen molar-refractivity contribution in [2.45, 2.75) is 32.1 Å². The molecule has 0 bridgehead atoms. The number of hydrogen-bond donors (Lipinski definition) is 1. The van der Waals surface area contributed by atoms with E-state index in [0.717, 1.165) is 11.5 Å². The minimum atomic E-state index is -0.0610.